The number of rotatable bonds is 11. The van der Waals surface area contributed by atoms with Crippen molar-refractivity contribution in [1.29, 1.82) is 0 Å². The molecule has 0 bridgehead atoms. The van der Waals surface area contributed by atoms with Crippen LogP contribution in [0.25, 0.3) is 11.0 Å². The Labute approximate surface area is 254 Å². The molecule has 1 amide bonds. The first-order valence-electron chi connectivity index (χ1n) is 14.2. The number of methoxy groups -OCH3 is 2. The van der Waals surface area contributed by atoms with Gasteiger partial charge >= 0.3 is 0 Å². The summed E-state index contributed by atoms with van der Waals surface area (Å²) in [6.45, 7) is 0.596. The number of furan rings is 1. The van der Waals surface area contributed by atoms with Crippen LogP contribution < -0.4 is 14.2 Å². The second-order valence-electron chi connectivity index (χ2n) is 10.4. The first-order valence-corrected chi connectivity index (χ1v) is 14.2. The summed E-state index contributed by atoms with van der Waals surface area (Å²) in [5, 5.41) is 11.9. The Kier molecular flexibility index (Phi) is 8.06. The van der Waals surface area contributed by atoms with Gasteiger partial charge in [0.2, 0.25) is 5.78 Å². The Morgan fingerprint density at radius 2 is 1.52 bits per heavy atom. The SMILES string of the molecule is COc1cc(C2C(C(=O)c3cc4cccc(OC)c4o3)=C(O)C(=O)N2CCc2ccccc2)ccc1OCc1ccccc1. The number of para-hydroxylation sites is 1. The molecule has 2 heterocycles. The third kappa shape index (κ3) is 5.49. The number of ketones is 1. The first kappa shape index (κ1) is 28.6. The van der Waals surface area contributed by atoms with E-state index in [1.807, 2.05) is 60.7 Å². The average Bonchev–Trinajstić information content (AvgIpc) is 3.62. The zero-order chi connectivity index (χ0) is 30.6. The van der Waals surface area contributed by atoms with Crippen LogP contribution in [-0.4, -0.2) is 42.5 Å². The second-order valence-corrected chi connectivity index (χ2v) is 10.4. The fourth-order valence-corrected chi connectivity index (χ4v) is 5.51. The Hall–Kier alpha value is -5.50. The lowest BCUT2D eigenvalue weighted by Gasteiger charge is -2.27. The number of nitrogens with zero attached hydrogens (tertiary/aromatic N) is 1. The molecule has 1 unspecified atom stereocenters. The van der Waals surface area contributed by atoms with Crippen molar-refractivity contribution in [2.75, 3.05) is 20.8 Å². The van der Waals surface area contributed by atoms with Gasteiger partial charge in [-0.2, -0.15) is 0 Å². The molecule has 1 atom stereocenters. The molecule has 0 saturated heterocycles. The first-order chi connectivity index (χ1) is 21.5. The molecule has 0 fully saturated rings. The van der Waals surface area contributed by atoms with Crippen LogP contribution in [0.3, 0.4) is 0 Å². The van der Waals surface area contributed by atoms with Gasteiger partial charge in [0.1, 0.15) is 6.61 Å². The lowest BCUT2D eigenvalue weighted by atomic mass is 9.94. The molecule has 1 aromatic heterocycles. The highest BCUT2D eigenvalue weighted by Crippen LogP contribution is 2.42. The van der Waals surface area contributed by atoms with Crippen molar-refractivity contribution in [3.63, 3.8) is 0 Å². The largest absolute Gasteiger partial charge is 0.503 e. The number of aliphatic hydroxyl groups is 1. The number of Topliss-reactive ketones (excluding diaryl/α,β-unsaturated/α-hetero) is 1. The molecule has 0 saturated carbocycles. The molecule has 1 aliphatic rings. The summed E-state index contributed by atoms with van der Waals surface area (Å²) < 4.78 is 23.1. The standard InChI is InChI=1S/C36H31NO7/c1-41-28-15-9-14-26-21-30(44-35(26)28)33(38)31-32(37(36(40)34(31)39)19-18-23-10-5-3-6-11-23)25-16-17-27(29(20-25)42-2)43-22-24-12-7-4-8-13-24/h3-17,20-21,32,39H,18-19,22H2,1-2H3. The van der Waals surface area contributed by atoms with Crippen LogP contribution in [-0.2, 0) is 17.8 Å². The number of carbonyl (C=O) groups is 2. The van der Waals surface area contributed by atoms with Gasteiger partial charge in [0, 0.05) is 11.9 Å². The van der Waals surface area contributed by atoms with E-state index in [-0.39, 0.29) is 17.9 Å². The normalized spacial score (nSPS) is 14.7. The Bertz CT molecular complexity index is 1840. The van der Waals surface area contributed by atoms with E-state index < -0.39 is 23.5 Å². The number of hydrogen-bond acceptors (Lipinski definition) is 7. The molecule has 8 nitrogen and oxygen atoms in total. The van der Waals surface area contributed by atoms with Crippen molar-refractivity contribution in [3.8, 4) is 17.2 Å². The van der Waals surface area contributed by atoms with Crippen LogP contribution in [0.1, 0.15) is 33.3 Å². The maximum Gasteiger partial charge on any atom is 0.290 e. The predicted molar refractivity (Wildman–Crippen MR) is 165 cm³/mol. The van der Waals surface area contributed by atoms with Gasteiger partial charge in [-0.15, -0.1) is 0 Å². The van der Waals surface area contributed by atoms with E-state index in [2.05, 4.69) is 0 Å². The molecule has 5 aromatic rings. The Morgan fingerprint density at radius 3 is 2.23 bits per heavy atom. The van der Waals surface area contributed by atoms with Crippen molar-refractivity contribution < 1.29 is 33.3 Å². The average molecular weight is 590 g/mol. The summed E-state index contributed by atoms with van der Waals surface area (Å²) in [4.78, 5) is 29.2. The van der Waals surface area contributed by atoms with Crippen LogP contribution in [0.2, 0.25) is 0 Å². The number of benzene rings is 4. The molecule has 4 aromatic carbocycles. The van der Waals surface area contributed by atoms with Crippen LogP contribution in [0.4, 0.5) is 0 Å². The topological polar surface area (TPSA) is 98.4 Å². The fraction of sp³-hybridized carbons (Fsp3) is 0.167. The molecule has 8 heteroatoms. The number of aliphatic hydroxyl groups excluding tert-OH is 1. The minimum atomic E-state index is -0.897. The molecule has 0 spiro atoms. The number of hydrogen-bond donors (Lipinski definition) is 1. The summed E-state index contributed by atoms with van der Waals surface area (Å²) in [5.41, 5.74) is 2.93. The van der Waals surface area contributed by atoms with Gasteiger partial charge in [-0.05, 0) is 47.4 Å². The summed E-state index contributed by atoms with van der Waals surface area (Å²) in [6, 6.07) is 30.8. The quantitative estimate of drug-likeness (QED) is 0.168. The van der Waals surface area contributed by atoms with Crippen LogP contribution in [0, 0.1) is 0 Å². The zero-order valence-corrected chi connectivity index (χ0v) is 24.4. The second kappa shape index (κ2) is 12.4. The van der Waals surface area contributed by atoms with Crippen molar-refractivity contribution in [1.82, 2.24) is 4.90 Å². The smallest absolute Gasteiger partial charge is 0.290 e. The molecule has 0 aliphatic carbocycles. The van der Waals surface area contributed by atoms with Crippen molar-refractivity contribution in [2.24, 2.45) is 0 Å². The molecule has 1 N–H and O–H groups in total. The van der Waals surface area contributed by atoms with E-state index in [4.69, 9.17) is 18.6 Å². The minimum absolute atomic E-state index is 0.0106. The molecule has 6 rings (SSSR count). The van der Waals surface area contributed by atoms with Crippen molar-refractivity contribution in [2.45, 2.75) is 19.1 Å². The van der Waals surface area contributed by atoms with E-state index >= 15 is 0 Å². The molecule has 222 valence electrons. The summed E-state index contributed by atoms with van der Waals surface area (Å²) in [5.74, 6) is -0.436. The van der Waals surface area contributed by atoms with Crippen LogP contribution in [0.15, 0.2) is 119 Å². The fourth-order valence-electron chi connectivity index (χ4n) is 5.51. The maximum absolute atomic E-state index is 14.1. The number of amides is 1. The van der Waals surface area contributed by atoms with Gasteiger partial charge in [0.05, 0.1) is 25.8 Å². The molecular weight excluding hydrogens is 558 g/mol. The molecule has 0 radical (unpaired) electrons. The van der Waals surface area contributed by atoms with Crippen molar-refractivity contribution in [3.05, 3.63) is 137 Å². The summed E-state index contributed by atoms with van der Waals surface area (Å²) >= 11 is 0. The van der Waals surface area contributed by atoms with Crippen molar-refractivity contribution >= 4 is 22.7 Å². The van der Waals surface area contributed by atoms with E-state index in [1.54, 1.807) is 42.5 Å². The van der Waals surface area contributed by atoms with Gasteiger partial charge in [-0.25, -0.2) is 0 Å². The highest BCUT2D eigenvalue weighted by molar-refractivity contribution is 6.16. The number of ether oxygens (including phenoxy) is 3. The van der Waals surface area contributed by atoms with Gasteiger partial charge in [0.15, 0.2) is 34.4 Å². The summed E-state index contributed by atoms with van der Waals surface area (Å²) in [6.07, 6.45) is 0.523. The van der Waals surface area contributed by atoms with Gasteiger partial charge in [0.25, 0.3) is 5.91 Å². The number of fused-ring (bicyclic) bond motifs is 1. The lowest BCUT2D eigenvalue weighted by molar-refractivity contribution is -0.129. The third-order valence-electron chi connectivity index (χ3n) is 7.72. The Morgan fingerprint density at radius 1 is 0.818 bits per heavy atom. The highest BCUT2D eigenvalue weighted by Gasteiger charge is 2.44. The molecular formula is C36H31NO7. The van der Waals surface area contributed by atoms with Gasteiger partial charge in [-0.1, -0.05) is 78.9 Å². The van der Waals surface area contributed by atoms with Gasteiger partial charge < -0.3 is 28.6 Å². The van der Waals surface area contributed by atoms with E-state index in [0.717, 1.165) is 11.1 Å². The highest BCUT2D eigenvalue weighted by atomic mass is 16.5. The Balaban J connectivity index is 1.38. The van der Waals surface area contributed by atoms with E-state index in [0.29, 0.717) is 46.8 Å². The maximum atomic E-state index is 14.1. The van der Waals surface area contributed by atoms with E-state index in [1.165, 1.54) is 19.1 Å². The number of carbonyl (C=O) groups excluding carboxylic acids is 2. The molecule has 1 aliphatic heterocycles. The summed E-state index contributed by atoms with van der Waals surface area (Å²) in [7, 11) is 3.05. The zero-order valence-electron chi connectivity index (χ0n) is 24.4. The lowest BCUT2D eigenvalue weighted by Crippen LogP contribution is -2.33. The third-order valence-corrected chi connectivity index (χ3v) is 7.72. The van der Waals surface area contributed by atoms with E-state index in [9.17, 15) is 14.7 Å². The van der Waals surface area contributed by atoms with Crippen LogP contribution in [0.5, 0.6) is 17.2 Å². The van der Waals surface area contributed by atoms with Crippen LogP contribution >= 0.6 is 0 Å². The predicted octanol–water partition coefficient (Wildman–Crippen LogP) is 6.85. The monoisotopic (exact) mass is 589 g/mol. The molecule has 44 heavy (non-hydrogen) atoms. The minimum Gasteiger partial charge on any atom is -0.503 e. The van der Waals surface area contributed by atoms with Gasteiger partial charge in [-0.3, -0.25) is 9.59 Å².